The molecule has 0 saturated carbocycles. The number of hydrogen-bond acceptors (Lipinski definition) is 3. The SMILES string of the molecule is N=C(N)c1ncccc1COc1cc(Br)ccc1F. The van der Waals surface area contributed by atoms with E-state index in [0.29, 0.717) is 11.3 Å². The first-order valence-corrected chi connectivity index (χ1v) is 6.23. The van der Waals surface area contributed by atoms with Crippen molar-refractivity contribution in [3.8, 4) is 5.75 Å². The molecule has 0 amide bonds. The highest BCUT2D eigenvalue weighted by Crippen LogP contribution is 2.23. The number of nitrogen functional groups attached to an aromatic ring is 1. The summed E-state index contributed by atoms with van der Waals surface area (Å²) in [4.78, 5) is 4.00. The molecular weight excluding hydrogens is 313 g/mol. The lowest BCUT2D eigenvalue weighted by Gasteiger charge is -2.10. The topological polar surface area (TPSA) is 72.0 Å². The Bertz CT molecular complexity index is 619. The van der Waals surface area contributed by atoms with E-state index in [4.69, 9.17) is 15.9 Å². The number of nitrogens with zero attached hydrogens (tertiary/aromatic N) is 1. The van der Waals surface area contributed by atoms with Crippen LogP contribution in [0.4, 0.5) is 4.39 Å². The van der Waals surface area contributed by atoms with E-state index in [1.807, 2.05) is 0 Å². The summed E-state index contributed by atoms with van der Waals surface area (Å²) in [5, 5.41) is 7.41. The first-order valence-electron chi connectivity index (χ1n) is 5.44. The summed E-state index contributed by atoms with van der Waals surface area (Å²) in [6.07, 6.45) is 1.54. The predicted molar refractivity (Wildman–Crippen MR) is 73.7 cm³/mol. The fraction of sp³-hybridized carbons (Fsp3) is 0.0769. The second-order valence-electron chi connectivity index (χ2n) is 3.79. The van der Waals surface area contributed by atoms with Crippen LogP contribution in [0.1, 0.15) is 11.3 Å². The van der Waals surface area contributed by atoms with Crippen LogP contribution >= 0.6 is 15.9 Å². The molecule has 6 heteroatoms. The van der Waals surface area contributed by atoms with Crippen LogP contribution in [0, 0.1) is 11.2 Å². The molecule has 0 aliphatic heterocycles. The van der Waals surface area contributed by atoms with Crippen molar-refractivity contribution >= 4 is 21.8 Å². The summed E-state index contributed by atoms with van der Waals surface area (Å²) in [5.41, 5.74) is 6.40. The largest absolute Gasteiger partial charge is 0.486 e. The summed E-state index contributed by atoms with van der Waals surface area (Å²) in [5.74, 6) is -0.460. The molecule has 0 fully saturated rings. The molecule has 0 radical (unpaired) electrons. The maximum Gasteiger partial charge on any atom is 0.165 e. The van der Waals surface area contributed by atoms with E-state index in [-0.39, 0.29) is 18.2 Å². The van der Waals surface area contributed by atoms with E-state index in [0.717, 1.165) is 4.47 Å². The second-order valence-corrected chi connectivity index (χ2v) is 4.70. The van der Waals surface area contributed by atoms with E-state index in [2.05, 4.69) is 20.9 Å². The quantitative estimate of drug-likeness (QED) is 0.671. The van der Waals surface area contributed by atoms with Gasteiger partial charge in [0.2, 0.25) is 0 Å². The zero-order chi connectivity index (χ0) is 13.8. The van der Waals surface area contributed by atoms with Gasteiger partial charge in [-0.25, -0.2) is 4.39 Å². The molecule has 0 spiro atoms. The van der Waals surface area contributed by atoms with Gasteiger partial charge in [0.25, 0.3) is 0 Å². The van der Waals surface area contributed by atoms with Gasteiger partial charge >= 0.3 is 0 Å². The van der Waals surface area contributed by atoms with Crippen LogP contribution < -0.4 is 10.5 Å². The summed E-state index contributed by atoms with van der Waals surface area (Å²) < 4.78 is 19.6. The van der Waals surface area contributed by atoms with Gasteiger partial charge in [0.05, 0.1) is 0 Å². The molecule has 0 aliphatic carbocycles. The molecule has 3 N–H and O–H groups in total. The molecule has 0 aliphatic rings. The van der Waals surface area contributed by atoms with Crippen LogP contribution in [0.3, 0.4) is 0 Å². The summed E-state index contributed by atoms with van der Waals surface area (Å²) in [6, 6.07) is 7.89. The van der Waals surface area contributed by atoms with Crippen molar-refractivity contribution < 1.29 is 9.13 Å². The van der Waals surface area contributed by atoms with E-state index >= 15 is 0 Å². The standard InChI is InChI=1S/C13H11BrFN3O/c14-9-3-4-10(15)11(6-9)19-7-8-2-1-5-18-12(8)13(16)17/h1-6H,7H2,(H3,16,17). The van der Waals surface area contributed by atoms with Crippen LogP contribution in [0.2, 0.25) is 0 Å². The maximum absolute atomic E-state index is 13.5. The van der Waals surface area contributed by atoms with Crippen molar-refractivity contribution in [2.24, 2.45) is 5.73 Å². The van der Waals surface area contributed by atoms with Crippen molar-refractivity contribution in [3.63, 3.8) is 0 Å². The Morgan fingerprint density at radius 1 is 1.42 bits per heavy atom. The minimum absolute atomic E-state index is 0.0934. The number of halogens is 2. The van der Waals surface area contributed by atoms with Crippen LogP contribution in [0.25, 0.3) is 0 Å². The van der Waals surface area contributed by atoms with Gasteiger partial charge in [-0.05, 0) is 24.3 Å². The third-order valence-electron chi connectivity index (χ3n) is 2.42. The lowest BCUT2D eigenvalue weighted by Crippen LogP contribution is -2.16. The molecular formula is C13H11BrFN3O. The van der Waals surface area contributed by atoms with Gasteiger partial charge in [-0.1, -0.05) is 22.0 Å². The minimum atomic E-state index is -0.448. The third-order valence-corrected chi connectivity index (χ3v) is 2.92. The van der Waals surface area contributed by atoms with Crippen molar-refractivity contribution in [1.82, 2.24) is 4.98 Å². The number of pyridine rings is 1. The van der Waals surface area contributed by atoms with E-state index in [9.17, 15) is 4.39 Å². The molecule has 98 valence electrons. The molecule has 19 heavy (non-hydrogen) atoms. The smallest absolute Gasteiger partial charge is 0.165 e. The number of benzene rings is 1. The van der Waals surface area contributed by atoms with Crippen LogP contribution in [-0.2, 0) is 6.61 Å². The number of aromatic nitrogens is 1. The summed E-state index contributed by atoms with van der Waals surface area (Å²) >= 11 is 3.25. The molecule has 2 rings (SSSR count). The third kappa shape index (κ3) is 3.29. The zero-order valence-electron chi connectivity index (χ0n) is 9.86. The molecule has 1 aromatic heterocycles. The van der Waals surface area contributed by atoms with Gasteiger partial charge in [-0.15, -0.1) is 0 Å². The van der Waals surface area contributed by atoms with Crippen LogP contribution in [-0.4, -0.2) is 10.8 Å². The van der Waals surface area contributed by atoms with E-state index < -0.39 is 5.82 Å². The normalized spacial score (nSPS) is 10.2. The van der Waals surface area contributed by atoms with E-state index in [1.54, 1.807) is 30.5 Å². The molecule has 0 atom stereocenters. The molecule has 4 nitrogen and oxygen atoms in total. The minimum Gasteiger partial charge on any atom is -0.486 e. The number of hydrogen-bond donors (Lipinski definition) is 2. The van der Waals surface area contributed by atoms with Crippen LogP contribution in [0.5, 0.6) is 5.75 Å². The molecule has 1 heterocycles. The Kier molecular flexibility index (Phi) is 4.11. The van der Waals surface area contributed by atoms with Gasteiger partial charge in [0, 0.05) is 16.2 Å². The summed E-state index contributed by atoms with van der Waals surface area (Å²) in [6.45, 7) is 0.0934. The van der Waals surface area contributed by atoms with Crippen molar-refractivity contribution in [3.05, 3.63) is 58.1 Å². The first-order chi connectivity index (χ1) is 9.08. The van der Waals surface area contributed by atoms with Crippen molar-refractivity contribution in [1.29, 1.82) is 5.41 Å². The Labute approximate surface area is 118 Å². The number of amidine groups is 1. The molecule has 1 aromatic carbocycles. The Balaban J connectivity index is 2.19. The lowest BCUT2D eigenvalue weighted by molar-refractivity contribution is 0.289. The fourth-order valence-corrected chi connectivity index (χ4v) is 1.88. The van der Waals surface area contributed by atoms with Gasteiger partial charge in [0.15, 0.2) is 11.6 Å². The molecule has 2 aromatic rings. The van der Waals surface area contributed by atoms with Crippen LogP contribution in [0.15, 0.2) is 41.0 Å². The molecule has 0 bridgehead atoms. The lowest BCUT2D eigenvalue weighted by atomic mass is 10.2. The van der Waals surface area contributed by atoms with Gasteiger partial charge < -0.3 is 10.5 Å². The summed E-state index contributed by atoms with van der Waals surface area (Å²) in [7, 11) is 0. The number of ether oxygens (including phenoxy) is 1. The van der Waals surface area contributed by atoms with Gasteiger partial charge in [-0.2, -0.15) is 0 Å². The number of nitrogens with two attached hydrogens (primary N) is 1. The van der Waals surface area contributed by atoms with Crippen molar-refractivity contribution in [2.45, 2.75) is 6.61 Å². The zero-order valence-corrected chi connectivity index (χ0v) is 11.4. The predicted octanol–water partition coefficient (Wildman–Crippen LogP) is 2.85. The number of nitrogens with one attached hydrogen (secondary N) is 1. The first kappa shape index (κ1) is 13.5. The molecule has 0 saturated heterocycles. The highest BCUT2D eigenvalue weighted by atomic mass is 79.9. The number of rotatable bonds is 4. The van der Waals surface area contributed by atoms with Crippen molar-refractivity contribution in [2.75, 3.05) is 0 Å². The Hall–Kier alpha value is -1.95. The maximum atomic E-state index is 13.5. The van der Waals surface area contributed by atoms with Gasteiger partial charge in [-0.3, -0.25) is 10.4 Å². The molecule has 0 unspecified atom stereocenters. The highest BCUT2D eigenvalue weighted by molar-refractivity contribution is 9.10. The Morgan fingerprint density at radius 3 is 2.95 bits per heavy atom. The Morgan fingerprint density at radius 2 is 2.21 bits per heavy atom. The van der Waals surface area contributed by atoms with Gasteiger partial charge in [0.1, 0.15) is 18.1 Å². The fourth-order valence-electron chi connectivity index (χ4n) is 1.54. The average molecular weight is 324 g/mol. The second kappa shape index (κ2) is 5.79. The highest BCUT2D eigenvalue weighted by Gasteiger charge is 2.09. The monoisotopic (exact) mass is 323 g/mol. The average Bonchev–Trinajstić information content (AvgIpc) is 2.40. The van der Waals surface area contributed by atoms with E-state index in [1.165, 1.54) is 6.07 Å².